The third-order valence-corrected chi connectivity index (χ3v) is 2.45. The van der Waals surface area contributed by atoms with Crippen molar-refractivity contribution in [1.82, 2.24) is 14.5 Å². The molecule has 0 fully saturated rings. The molecule has 0 aliphatic heterocycles. The number of pyridine rings is 1. The molecule has 0 spiro atoms. The fraction of sp³-hybridized carbons (Fsp3) is 0.250. The Morgan fingerprint density at radius 2 is 2.26 bits per heavy atom. The highest BCUT2D eigenvalue weighted by atomic mass is 19.3. The van der Waals surface area contributed by atoms with Crippen LogP contribution in [-0.4, -0.2) is 20.8 Å². The molecule has 100 valence electrons. The number of aldehydes is 1. The van der Waals surface area contributed by atoms with Crippen molar-refractivity contribution < 1.29 is 18.3 Å². The van der Waals surface area contributed by atoms with Gasteiger partial charge in [0.25, 0.3) is 0 Å². The molecule has 5 nitrogen and oxygen atoms in total. The van der Waals surface area contributed by atoms with E-state index < -0.39 is 6.55 Å². The van der Waals surface area contributed by atoms with Crippen molar-refractivity contribution in [2.45, 2.75) is 20.1 Å². The highest BCUT2D eigenvalue weighted by molar-refractivity contribution is 5.76. The number of alkyl halides is 2. The monoisotopic (exact) mass is 267 g/mol. The molecule has 2 aromatic heterocycles. The average Bonchev–Trinajstić information content (AvgIpc) is 2.85. The lowest BCUT2D eigenvalue weighted by molar-refractivity contribution is 0.0631. The van der Waals surface area contributed by atoms with Crippen LogP contribution in [0.2, 0.25) is 0 Å². The van der Waals surface area contributed by atoms with Gasteiger partial charge in [0.2, 0.25) is 0 Å². The second-order valence-corrected chi connectivity index (χ2v) is 3.77. The minimum Gasteiger partial charge on any atom is -0.483 e. The lowest BCUT2D eigenvalue weighted by Crippen LogP contribution is -2.08. The molecule has 0 N–H and O–H groups in total. The van der Waals surface area contributed by atoms with E-state index in [2.05, 4.69) is 9.97 Å². The van der Waals surface area contributed by atoms with E-state index in [1.807, 2.05) is 0 Å². The van der Waals surface area contributed by atoms with Crippen LogP contribution in [-0.2, 0) is 6.61 Å². The molecule has 0 unspecified atom stereocenters. The zero-order valence-corrected chi connectivity index (χ0v) is 10.1. The quantitative estimate of drug-likeness (QED) is 0.780. The van der Waals surface area contributed by atoms with Gasteiger partial charge in [0.05, 0.1) is 0 Å². The number of carbonyl (C=O) groups excluding carboxylic acids is 1. The smallest absolute Gasteiger partial charge is 0.320 e. The number of nitrogens with zero attached hydrogens (tertiary/aromatic N) is 3. The molecule has 0 aliphatic rings. The number of imidazole rings is 1. The molecule has 0 bridgehead atoms. The first kappa shape index (κ1) is 13.1. The number of aryl methyl sites for hydroxylation is 1. The van der Waals surface area contributed by atoms with Crippen molar-refractivity contribution in [3.8, 4) is 5.75 Å². The van der Waals surface area contributed by atoms with Crippen molar-refractivity contribution in [3.63, 3.8) is 0 Å². The molecule has 7 heteroatoms. The van der Waals surface area contributed by atoms with Crippen LogP contribution in [0.4, 0.5) is 8.78 Å². The Morgan fingerprint density at radius 3 is 2.95 bits per heavy atom. The molecule has 0 saturated heterocycles. The van der Waals surface area contributed by atoms with Crippen LogP contribution >= 0.6 is 0 Å². The van der Waals surface area contributed by atoms with Crippen molar-refractivity contribution in [2.75, 3.05) is 0 Å². The Labute approximate surface area is 107 Å². The minimum absolute atomic E-state index is 0.0763. The molecule has 2 heterocycles. The molecule has 0 atom stereocenters. The van der Waals surface area contributed by atoms with Crippen LogP contribution in [0.1, 0.15) is 28.6 Å². The topological polar surface area (TPSA) is 57.0 Å². The summed E-state index contributed by atoms with van der Waals surface area (Å²) in [5, 5.41) is 0. The maximum absolute atomic E-state index is 12.6. The molecule has 2 aromatic rings. The predicted octanol–water partition coefficient (Wildman–Crippen LogP) is 2.37. The summed E-state index contributed by atoms with van der Waals surface area (Å²) in [5.41, 5.74) is 0.804. The second kappa shape index (κ2) is 5.55. The summed E-state index contributed by atoms with van der Waals surface area (Å²) in [6.07, 6.45) is 2.98. The van der Waals surface area contributed by atoms with Gasteiger partial charge in [0, 0.05) is 18.1 Å². The second-order valence-electron chi connectivity index (χ2n) is 3.77. The molecule has 0 radical (unpaired) electrons. The Balaban J connectivity index is 2.14. The normalized spacial score (nSPS) is 10.7. The van der Waals surface area contributed by atoms with Gasteiger partial charge in [0.1, 0.15) is 18.1 Å². The van der Waals surface area contributed by atoms with E-state index >= 15 is 0 Å². The Hall–Kier alpha value is -2.31. The maximum Gasteiger partial charge on any atom is 0.320 e. The van der Waals surface area contributed by atoms with Crippen LogP contribution < -0.4 is 4.74 Å². The Morgan fingerprint density at radius 1 is 1.47 bits per heavy atom. The molecular weight excluding hydrogens is 256 g/mol. The van der Waals surface area contributed by atoms with Gasteiger partial charge < -0.3 is 4.74 Å². The van der Waals surface area contributed by atoms with Gasteiger partial charge >= 0.3 is 6.55 Å². The van der Waals surface area contributed by atoms with Gasteiger partial charge in [-0.05, 0) is 19.1 Å². The molecule has 0 aromatic carbocycles. The average molecular weight is 267 g/mol. The summed E-state index contributed by atoms with van der Waals surface area (Å²) in [7, 11) is 0. The standard InChI is InChI=1S/C12H11F2N3O2/c1-8-2-3-10(9(6-18)16-8)19-7-11-15-4-5-17(11)12(13)14/h2-6,12H,7H2,1H3. The summed E-state index contributed by atoms with van der Waals surface area (Å²) in [4.78, 5) is 18.6. The van der Waals surface area contributed by atoms with Gasteiger partial charge in [0.15, 0.2) is 12.1 Å². The zero-order chi connectivity index (χ0) is 13.8. The molecule has 0 saturated carbocycles. The summed E-state index contributed by atoms with van der Waals surface area (Å²) < 4.78 is 31.2. The van der Waals surface area contributed by atoms with E-state index in [0.29, 0.717) is 16.5 Å². The number of ether oxygens (including phenoxy) is 1. The third kappa shape index (κ3) is 2.93. The van der Waals surface area contributed by atoms with Crippen LogP contribution in [0.3, 0.4) is 0 Å². The number of hydrogen-bond donors (Lipinski definition) is 0. The van der Waals surface area contributed by atoms with E-state index in [4.69, 9.17) is 4.74 Å². The molecule has 0 aliphatic carbocycles. The van der Waals surface area contributed by atoms with Crippen molar-refractivity contribution in [3.05, 3.63) is 41.7 Å². The summed E-state index contributed by atoms with van der Waals surface area (Å²) >= 11 is 0. The van der Waals surface area contributed by atoms with E-state index in [9.17, 15) is 13.6 Å². The van der Waals surface area contributed by atoms with Crippen LogP contribution in [0.15, 0.2) is 24.5 Å². The number of hydrogen-bond acceptors (Lipinski definition) is 4. The summed E-state index contributed by atoms with van der Waals surface area (Å²) in [5.74, 6) is 0.317. The van der Waals surface area contributed by atoms with Crippen molar-refractivity contribution in [2.24, 2.45) is 0 Å². The minimum atomic E-state index is -2.68. The zero-order valence-electron chi connectivity index (χ0n) is 10.1. The van der Waals surface area contributed by atoms with E-state index in [1.165, 1.54) is 6.20 Å². The summed E-state index contributed by atoms with van der Waals surface area (Å²) in [6, 6.07) is 3.24. The van der Waals surface area contributed by atoms with Gasteiger partial charge in [-0.1, -0.05) is 0 Å². The Kier molecular flexibility index (Phi) is 3.84. The largest absolute Gasteiger partial charge is 0.483 e. The third-order valence-electron chi connectivity index (χ3n) is 2.45. The van der Waals surface area contributed by atoms with Gasteiger partial charge in [-0.25, -0.2) is 9.97 Å². The van der Waals surface area contributed by atoms with E-state index in [0.717, 1.165) is 6.20 Å². The first-order valence-corrected chi connectivity index (χ1v) is 5.47. The fourth-order valence-electron chi connectivity index (χ4n) is 1.55. The highest BCUT2D eigenvalue weighted by Gasteiger charge is 2.13. The SMILES string of the molecule is Cc1ccc(OCc2nccn2C(F)F)c(C=O)n1. The summed E-state index contributed by atoms with van der Waals surface area (Å²) in [6.45, 7) is -1.11. The van der Waals surface area contributed by atoms with Gasteiger partial charge in [-0.2, -0.15) is 8.78 Å². The van der Waals surface area contributed by atoms with Gasteiger partial charge in [-0.15, -0.1) is 0 Å². The first-order valence-electron chi connectivity index (χ1n) is 5.47. The van der Waals surface area contributed by atoms with Crippen molar-refractivity contribution in [1.29, 1.82) is 0 Å². The van der Waals surface area contributed by atoms with E-state index in [1.54, 1.807) is 19.1 Å². The number of halogens is 2. The molecule has 0 amide bonds. The molecular formula is C12H11F2N3O2. The molecule has 19 heavy (non-hydrogen) atoms. The van der Waals surface area contributed by atoms with Crippen LogP contribution in [0.25, 0.3) is 0 Å². The van der Waals surface area contributed by atoms with Crippen LogP contribution in [0.5, 0.6) is 5.75 Å². The predicted molar refractivity (Wildman–Crippen MR) is 62.2 cm³/mol. The number of rotatable bonds is 5. The van der Waals surface area contributed by atoms with Crippen molar-refractivity contribution >= 4 is 6.29 Å². The van der Waals surface area contributed by atoms with Crippen LogP contribution in [0, 0.1) is 6.92 Å². The van der Waals surface area contributed by atoms with E-state index in [-0.39, 0.29) is 23.9 Å². The molecule has 2 rings (SSSR count). The number of aromatic nitrogens is 3. The highest BCUT2D eigenvalue weighted by Crippen LogP contribution is 2.18. The Bertz CT molecular complexity index is 584. The lowest BCUT2D eigenvalue weighted by Gasteiger charge is -2.09. The number of carbonyl (C=O) groups is 1. The maximum atomic E-state index is 12.6. The fourth-order valence-corrected chi connectivity index (χ4v) is 1.55. The van der Waals surface area contributed by atoms with Gasteiger partial charge in [-0.3, -0.25) is 9.36 Å². The lowest BCUT2D eigenvalue weighted by atomic mass is 10.3. The first-order chi connectivity index (χ1) is 9.11.